The summed E-state index contributed by atoms with van der Waals surface area (Å²) in [7, 11) is 3.24. The lowest BCUT2D eigenvalue weighted by atomic mass is 10.0. The molecule has 0 radical (unpaired) electrons. The number of carbonyl (C=O) groups excluding carboxylic acids is 1. The fourth-order valence-electron chi connectivity index (χ4n) is 2.64. The number of rotatable bonds is 6. The van der Waals surface area contributed by atoms with Gasteiger partial charge in [-0.3, -0.25) is 4.79 Å². The van der Waals surface area contributed by atoms with Crippen molar-refractivity contribution in [3.63, 3.8) is 0 Å². The van der Waals surface area contributed by atoms with Crippen LogP contribution in [0.2, 0.25) is 0 Å². The van der Waals surface area contributed by atoms with E-state index in [1.165, 1.54) is 0 Å². The minimum absolute atomic E-state index is 0.0300. The minimum atomic E-state index is -0.0300. The molecule has 1 aromatic heterocycles. The molecule has 3 rings (SSSR count). The minimum Gasteiger partial charge on any atom is -0.497 e. The van der Waals surface area contributed by atoms with Crippen molar-refractivity contribution in [1.29, 1.82) is 0 Å². The number of ketones is 1. The van der Waals surface area contributed by atoms with E-state index >= 15 is 0 Å². The quantitative estimate of drug-likeness (QED) is 0.582. The zero-order chi connectivity index (χ0) is 18.5. The monoisotopic (exact) mass is 348 g/mol. The molecule has 0 bridgehead atoms. The van der Waals surface area contributed by atoms with Gasteiger partial charge in [0.05, 0.1) is 14.2 Å². The first kappa shape index (κ1) is 17.5. The number of ether oxygens (including phenoxy) is 2. The molecule has 0 amide bonds. The standard InChI is InChI=1S/C22H20O4/c1-15(23)21(16-4-8-18(24-2)9-5-16)14-20-12-13-22(26-20)17-6-10-19(25-3)11-7-17/h4-14H,1-3H3/b21-14-. The first-order valence-corrected chi connectivity index (χ1v) is 8.22. The van der Waals surface area contributed by atoms with Gasteiger partial charge in [-0.1, -0.05) is 12.1 Å². The van der Waals surface area contributed by atoms with Crippen LogP contribution in [0.1, 0.15) is 18.2 Å². The number of carbonyl (C=O) groups is 1. The van der Waals surface area contributed by atoms with Gasteiger partial charge in [-0.15, -0.1) is 0 Å². The van der Waals surface area contributed by atoms with Gasteiger partial charge in [-0.25, -0.2) is 0 Å². The van der Waals surface area contributed by atoms with Gasteiger partial charge in [0.2, 0.25) is 0 Å². The third-order valence-electron chi connectivity index (χ3n) is 4.07. The second-order valence-corrected chi connectivity index (χ2v) is 5.77. The highest BCUT2D eigenvalue weighted by atomic mass is 16.5. The summed E-state index contributed by atoms with van der Waals surface area (Å²) in [5.41, 5.74) is 2.35. The van der Waals surface area contributed by atoms with Crippen molar-refractivity contribution >= 4 is 17.4 Å². The number of furan rings is 1. The molecule has 26 heavy (non-hydrogen) atoms. The van der Waals surface area contributed by atoms with Crippen molar-refractivity contribution in [1.82, 2.24) is 0 Å². The summed E-state index contributed by atoms with van der Waals surface area (Å²) in [5.74, 6) is 2.86. The Balaban J connectivity index is 1.90. The Morgan fingerprint density at radius 1 is 0.846 bits per heavy atom. The van der Waals surface area contributed by atoms with E-state index in [0.717, 1.165) is 28.4 Å². The molecule has 1 heterocycles. The largest absolute Gasteiger partial charge is 0.497 e. The summed E-state index contributed by atoms with van der Waals surface area (Å²) in [5, 5.41) is 0. The van der Waals surface area contributed by atoms with Crippen molar-refractivity contribution in [3.05, 3.63) is 72.0 Å². The van der Waals surface area contributed by atoms with E-state index in [1.54, 1.807) is 27.2 Å². The fraction of sp³-hybridized carbons (Fsp3) is 0.136. The lowest BCUT2D eigenvalue weighted by molar-refractivity contribution is -0.111. The molecule has 0 N–H and O–H groups in total. The summed E-state index contributed by atoms with van der Waals surface area (Å²) in [4.78, 5) is 12.1. The van der Waals surface area contributed by atoms with E-state index in [9.17, 15) is 4.79 Å². The predicted molar refractivity (Wildman–Crippen MR) is 102 cm³/mol. The normalized spacial score (nSPS) is 11.3. The molecule has 0 spiro atoms. The zero-order valence-electron chi connectivity index (χ0n) is 15.0. The lowest BCUT2D eigenvalue weighted by Crippen LogP contribution is -1.96. The number of hydrogen-bond donors (Lipinski definition) is 0. The van der Waals surface area contributed by atoms with Gasteiger partial charge in [0, 0.05) is 11.1 Å². The summed E-state index contributed by atoms with van der Waals surface area (Å²) >= 11 is 0. The highest BCUT2D eigenvalue weighted by Crippen LogP contribution is 2.27. The van der Waals surface area contributed by atoms with Crippen LogP contribution in [0, 0.1) is 0 Å². The topological polar surface area (TPSA) is 48.7 Å². The second kappa shape index (κ2) is 7.74. The van der Waals surface area contributed by atoms with E-state index in [2.05, 4.69) is 0 Å². The molecular weight excluding hydrogens is 328 g/mol. The number of allylic oxidation sites excluding steroid dienone is 1. The summed E-state index contributed by atoms with van der Waals surface area (Å²) in [6.07, 6.45) is 1.76. The Hall–Kier alpha value is -3.27. The van der Waals surface area contributed by atoms with E-state index in [0.29, 0.717) is 11.3 Å². The number of methoxy groups -OCH3 is 2. The zero-order valence-corrected chi connectivity index (χ0v) is 15.0. The van der Waals surface area contributed by atoms with Crippen molar-refractivity contribution in [2.45, 2.75) is 6.92 Å². The number of benzene rings is 2. The van der Waals surface area contributed by atoms with Gasteiger partial charge in [0.25, 0.3) is 0 Å². The van der Waals surface area contributed by atoms with Crippen molar-refractivity contribution in [2.24, 2.45) is 0 Å². The Kier molecular flexibility index (Phi) is 5.23. The van der Waals surface area contributed by atoms with Gasteiger partial charge >= 0.3 is 0 Å². The summed E-state index contributed by atoms with van der Waals surface area (Å²) in [6, 6.07) is 18.7. The molecule has 3 aromatic rings. The van der Waals surface area contributed by atoms with Gasteiger partial charge in [0.15, 0.2) is 5.78 Å². The molecule has 0 aliphatic carbocycles. The maximum Gasteiger partial charge on any atom is 0.160 e. The van der Waals surface area contributed by atoms with Crippen molar-refractivity contribution in [3.8, 4) is 22.8 Å². The average Bonchev–Trinajstić information content (AvgIpc) is 3.15. The molecule has 0 saturated carbocycles. The third kappa shape index (κ3) is 3.86. The van der Waals surface area contributed by atoms with Gasteiger partial charge in [-0.2, -0.15) is 0 Å². The van der Waals surface area contributed by atoms with Gasteiger partial charge in [0.1, 0.15) is 23.0 Å². The Labute approximate surface area is 152 Å². The summed E-state index contributed by atoms with van der Waals surface area (Å²) < 4.78 is 16.2. The average molecular weight is 348 g/mol. The molecule has 0 aliphatic heterocycles. The molecule has 4 nitrogen and oxygen atoms in total. The van der Waals surface area contributed by atoms with Gasteiger partial charge < -0.3 is 13.9 Å². The van der Waals surface area contributed by atoms with Gasteiger partial charge in [-0.05, 0) is 67.1 Å². The Morgan fingerprint density at radius 2 is 1.42 bits per heavy atom. The smallest absolute Gasteiger partial charge is 0.160 e. The van der Waals surface area contributed by atoms with E-state index in [4.69, 9.17) is 13.9 Å². The fourth-order valence-corrected chi connectivity index (χ4v) is 2.64. The van der Waals surface area contributed by atoms with Crippen molar-refractivity contribution in [2.75, 3.05) is 14.2 Å². The van der Waals surface area contributed by atoms with Crippen LogP contribution in [0.5, 0.6) is 11.5 Å². The maximum atomic E-state index is 12.1. The first-order chi connectivity index (χ1) is 12.6. The van der Waals surface area contributed by atoms with Crippen LogP contribution in [0.4, 0.5) is 0 Å². The Bertz CT molecular complexity index is 916. The number of Topliss-reactive ketones (excluding diaryl/α,β-unsaturated/α-hetero) is 1. The summed E-state index contributed by atoms with van der Waals surface area (Å²) in [6.45, 7) is 1.55. The molecule has 132 valence electrons. The van der Waals surface area contributed by atoms with Crippen LogP contribution in [0.15, 0.2) is 65.1 Å². The third-order valence-corrected chi connectivity index (χ3v) is 4.07. The first-order valence-electron chi connectivity index (χ1n) is 8.22. The second-order valence-electron chi connectivity index (χ2n) is 5.77. The molecule has 0 saturated heterocycles. The van der Waals surface area contributed by atoms with E-state index in [1.807, 2.05) is 60.7 Å². The highest BCUT2D eigenvalue weighted by molar-refractivity contribution is 6.24. The molecule has 0 atom stereocenters. The number of hydrogen-bond acceptors (Lipinski definition) is 4. The SMILES string of the molecule is COc1ccc(/C(=C\c2ccc(-c3ccc(OC)cc3)o2)C(C)=O)cc1. The van der Waals surface area contributed by atoms with E-state index < -0.39 is 0 Å². The molecule has 0 unspecified atom stereocenters. The molecule has 0 aliphatic rings. The maximum absolute atomic E-state index is 12.1. The molecular formula is C22H20O4. The molecule has 2 aromatic carbocycles. The molecule has 4 heteroatoms. The van der Waals surface area contributed by atoms with Crippen LogP contribution in [-0.4, -0.2) is 20.0 Å². The molecule has 0 fully saturated rings. The highest BCUT2D eigenvalue weighted by Gasteiger charge is 2.10. The Morgan fingerprint density at radius 3 is 1.96 bits per heavy atom. The van der Waals surface area contributed by atoms with Crippen LogP contribution >= 0.6 is 0 Å². The lowest BCUT2D eigenvalue weighted by Gasteiger charge is -2.05. The van der Waals surface area contributed by atoms with E-state index in [-0.39, 0.29) is 5.78 Å². The van der Waals surface area contributed by atoms with Crippen LogP contribution in [-0.2, 0) is 4.79 Å². The van der Waals surface area contributed by atoms with Crippen LogP contribution in [0.25, 0.3) is 23.0 Å². The van der Waals surface area contributed by atoms with Crippen LogP contribution in [0.3, 0.4) is 0 Å². The van der Waals surface area contributed by atoms with Crippen molar-refractivity contribution < 1.29 is 18.7 Å². The predicted octanol–water partition coefficient (Wildman–Crippen LogP) is 5.09. The van der Waals surface area contributed by atoms with Crippen LogP contribution < -0.4 is 9.47 Å².